The number of hydrogen-bond acceptors (Lipinski definition) is 2. The average molecular weight is 324 g/mol. The largest absolute Gasteiger partial charge is 0.478 e. The Morgan fingerprint density at radius 1 is 0.917 bits per heavy atom. The lowest BCUT2D eigenvalue weighted by molar-refractivity contribution is 0.0649. The minimum absolute atomic E-state index is 0.0862. The van der Waals surface area contributed by atoms with E-state index < -0.39 is 17.4 Å². The lowest BCUT2D eigenvalue weighted by Crippen LogP contribution is -2.26. The van der Waals surface area contributed by atoms with Crippen molar-refractivity contribution < 1.29 is 19.8 Å². The van der Waals surface area contributed by atoms with Gasteiger partial charge in [-0.15, -0.1) is 0 Å². The SMILES string of the molecule is CC1(C)CC(C)(c2ccccc2)c2c1ccc(C(=O)O)c2C(=O)O. The molecule has 0 aromatic heterocycles. The molecule has 0 fully saturated rings. The Hall–Kier alpha value is -2.62. The summed E-state index contributed by atoms with van der Waals surface area (Å²) in [5.74, 6) is -2.40. The van der Waals surface area contributed by atoms with Gasteiger partial charge in [-0.2, -0.15) is 0 Å². The molecule has 2 aromatic carbocycles. The van der Waals surface area contributed by atoms with Crippen molar-refractivity contribution in [3.8, 4) is 0 Å². The Labute approximate surface area is 140 Å². The van der Waals surface area contributed by atoms with Gasteiger partial charge in [-0.25, -0.2) is 9.59 Å². The Morgan fingerprint density at radius 2 is 1.54 bits per heavy atom. The second-order valence-corrected chi connectivity index (χ2v) is 7.28. The standard InChI is InChI=1S/C20H20O4/c1-19(2)11-20(3,12-7-5-4-6-8-12)16-14(19)10-9-13(17(21)22)15(16)18(23)24/h4-10H,11H2,1-3H3,(H,21,22)(H,23,24). The molecule has 0 amide bonds. The van der Waals surface area contributed by atoms with E-state index in [9.17, 15) is 19.8 Å². The van der Waals surface area contributed by atoms with Crippen LogP contribution in [-0.2, 0) is 10.8 Å². The van der Waals surface area contributed by atoms with E-state index in [1.165, 1.54) is 6.07 Å². The maximum Gasteiger partial charge on any atom is 0.336 e. The second-order valence-electron chi connectivity index (χ2n) is 7.28. The fraction of sp³-hybridized carbons (Fsp3) is 0.300. The van der Waals surface area contributed by atoms with Gasteiger partial charge in [-0.3, -0.25) is 0 Å². The summed E-state index contributed by atoms with van der Waals surface area (Å²) in [7, 11) is 0. The second kappa shape index (κ2) is 5.20. The minimum Gasteiger partial charge on any atom is -0.478 e. The van der Waals surface area contributed by atoms with Gasteiger partial charge in [0.1, 0.15) is 0 Å². The van der Waals surface area contributed by atoms with Gasteiger partial charge in [0, 0.05) is 5.41 Å². The third-order valence-corrected chi connectivity index (χ3v) is 5.14. The zero-order valence-electron chi connectivity index (χ0n) is 14.0. The molecule has 0 aliphatic heterocycles. The zero-order chi connectivity index (χ0) is 17.7. The lowest BCUT2D eigenvalue weighted by atomic mass is 9.73. The number of carboxylic acids is 2. The van der Waals surface area contributed by atoms with Gasteiger partial charge >= 0.3 is 11.9 Å². The van der Waals surface area contributed by atoms with Crippen molar-refractivity contribution in [3.63, 3.8) is 0 Å². The van der Waals surface area contributed by atoms with Crippen LogP contribution in [0.25, 0.3) is 0 Å². The topological polar surface area (TPSA) is 74.6 Å². The van der Waals surface area contributed by atoms with E-state index >= 15 is 0 Å². The minimum atomic E-state index is -1.21. The number of hydrogen-bond donors (Lipinski definition) is 2. The molecule has 2 N–H and O–H groups in total. The fourth-order valence-electron chi connectivity index (χ4n) is 4.26. The molecule has 124 valence electrons. The molecule has 1 atom stereocenters. The van der Waals surface area contributed by atoms with Crippen LogP contribution in [0.1, 0.15) is 64.6 Å². The highest BCUT2D eigenvalue weighted by Gasteiger charge is 2.48. The van der Waals surface area contributed by atoms with Crippen molar-refractivity contribution in [1.82, 2.24) is 0 Å². The number of aromatic carboxylic acids is 2. The molecule has 4 heteroatoms. The third kappa shape index (κ3) is 2.21. The molecular formula is C20H20O4. The summed E-state index contributed by atoms with van der Waals surface area (Å²) < 4.78 is 0. The van der Waals surface area contributed by atoms with Gasteiger partial charge in [0.05, 0.1) is 11.1 Å². The molecule has 0 saturated heterocycles. The lowest BCUT2D eigenvalue weighted by Gasteiger charge is -2.29. The van der Waals surface area contributed by atoms with Gasteiger partial charge in [0.15, 0.2) is 0 Å². The van der Waals surface area contributed by atoms with E-state index in [1.807, 2.05) is 37.3 Å². The van der Waals surface area contributed by atoms with Crippen molar-refractivity contribution >= 4 is 11.9 Å². The van der Waals surface area contributed by atoms with E-state index in [0.29, 0.717) is 5.56 Å². The Bertz CT molecular complexity index is 836. The molecule has 24 heavy (non-hydrogen) atoms. The first kappa shape index (κ1) is 16.2. The molecule has 0 heterocycles. The van der Waals surface area contributed by atoms with E-state index in [0.717, 1.165) is 17.5 Å². The predicted molar refractivity (Wildman–Crippen MR) is 90.9 cm³/mol. The summed E-state index contributed by atoms with van der Waals surface area (Å²) >= 11 is 0. The summed E-state index contributed by atoms with van der Waals surface area (Å²) in [6.45, 7) is 6.16. The van der Waals surface area contributed by atoms with Gasteiger partial charge < -0.3 is 10.2 Å². The van der Waals surface area contributed by atoms with Gasteiger partial charge in [-0.1, -0.05) is 57.2 Å². The number of rotatable bonds is 3. The maximum absolute atomic E-state index is 12.0. The van der Waals surface area contributed by atoms with Crippen LogP contribution in [0.15, 0.2) is 42.5 Å². The Balaban J connectivity index is 2.41. The molecule has 1 aliphatic carbocycles. The monoisotopic (exact) mass is 324 g/mol. The number of carbonyl (C=O) groups is 2. The number of fused-ring (bicyclic) bond motifs is 1. The Kier molecular flexibility index (Phi) is 3.52. The van der Waals surface area contributed by atoms with Crippen molar-refractivity contribution in [2.45, 2.75) is 38.0 Å². The summed E-state index contributed by atoms with van der Waals surface area (Å²) in [5.41, 5.74) is 1.53. The highest BCUT2D eigenvalue weighted by Crippen LogP contribution is 2.54. The number of carboxylic acid groups (broad SMARTS) is 2. The molecule has 0 spiro atoms. The summed E-state index contributed by atoms with van der Waals surface area (Å²) in [4.78, 5) is 23.5. The summed E-state index contributed by atoms with van der Waals surface area (Å²) in [6.07, 6.45) is 0.725. The van der Waals surface area contributed by atoms with Gasteiger partial charge in [0.25, 0.3) is 0 Å². The van der Waals surface area contributed by atoms with E-state index in [-0.39, 0.29) is 16.5 Å². The predicted octanol–water partition coefficient (Wildman–Crippen LogP) is 4.07. The first-order chi connectivity index (χ1) is 11.2. The fourth-order valence-corrected chi connectivity index (χ4v) is 4.26. The summed E-state index contributed by atoms with van der Waals surface area (Å²) in [6, 6.07) is 12.9. The smallest absolute Gasteiger partial charge is 0.336 e. The molecule has 0 radical (unpaired) electrons. The van der Waals surface area contributed by atoms with Crippen molar-refractivity contribution in [2.24, 2.45) is 0 Å². The molecule has 0 saturated carbocycles. The molecule has 0 bridgehead atoms. The van der Waals surface area contributed by atoms with Crippen LogP contribution in [0, 0.1) is 0 Å². The summed E-state index contributed by atoms with van der Waals surface area (Å²) in [5, 5.41) is 19.2. The van der Waals surface area contributed by atoms with E-state index in [4.69, 9.17) is 0 Å². The number of benzene rings is 2. The van der Waals surface area contributed by atoms with Crippen LogP contribution in [0.4, 0.5) is 0 Å². The average Bonchev–Trinajstić information content (AvgIpc) is 2.74. The van der Waals surface area contributed by atoms with Crippen molar-refractivity contribution in [1.29, 1.82) is 0 Å². The van der Waals surface area contributed by atoms with Crippen LogP contribution in [0.5, 0.6) is 0 Å². The van der Waals surface area contributed by atoms with E-state index in [2.05, 4.69) is 13.8 Å². The van der Waals surface area contributed by atoms with E-state index in [1.54, 1.807) is 6.07 Å². The molecular weight excluding hydrogens is 304 g/mol. The highest BCUT2D eigenvalue weighted by atomic mass is 16.4. The van der Waals surface area contributed by atoms with Crippen LogP contribution in [0.2, 0.25) is 0 Å². The first-order valence-corrected chi connectivity index (χ1v) is 7.88. The Morgan fingerprint density at radius 3 is 2.08 bits per heavy atom. The molecule has 2 aromatic rings. The van der Waals surface area contributed by atoms with Gasteiger partial charge in [-0.05, 0) is 34.6 Å². The maximum atomic E-state index is 12.0. The molecule has 1 aliphatic rings. The third-order valence-electron chi connectivity index (χ3n) is 5.14. The normalized spacial score (nSPS) is 21.3. The molecule has 3 rings (SSSR count). The van der Waals surface area contributed by atoms with Crippen molar-refractivity contribution in [2.75, 3.05) is 0 Å². The van der Waals surface area contributed by atoms with Crippen molar-refractivity contribution in [3.05, 3.63) is 70.3 Å². The highest BCUT2D eigenvalue weighted by molar-refractivity contribution is 6.03. The zero-order valence-corrected chi connectivity index (χ0v) is 14.0. The first-order valence-electron chi connectivity index (χ1n) is 7.88. The quantitative estimate of drug-likeness (QED) is 0.892. The van der Waals surface area contributed by atoms with Crippen LogP contribution < -0.4 is 0 Å². The van der Waals surface area contributed by atoms with Gasteiger partial charge in [0.2, 0.25) is 0 Å². The van der Waals surface area contributed by atoms with Crippen LogP contribution in [0.3, 0.4) is 0 Å². The van der Waals surface area contributed by atoms with Crippen LogP contribution in [-0.4, -0.2) is 22.2 Å². The molecule has 1 unspecified atom stereocenters. The molecule has 4 nitrogen and oxygen atoms in total. The van der Waals surface area contributed by atoms with Crippen LogP contribution >= 0.6 is 0 Å².